The SMILES string of the molecule is CN[C@@H](Cc1ccccc1)C(=O)N1CCC(Cc2ccccc2)CC1. The Labute approximate surface area is 151 Å². The maximum absolute atomic E-state index is 12.9. The van der Waals surface area contributed by atoms with E-state index in [-0.39, 0.29) is 11.9 Å². The Bertz CT molecular complexity index is 648. The molecule has 2 aromatic rings. The van der Waals surface area contributed by atoms with Crippen molar-refractivity contribution in [1.82, 2.24) is 10.2 Å². The molecule has 0 radical (unpaired) electrons. The molecule has 1 atom stereocenters. The average Bonchev–Trinajstić information content (AvgIpc) is 2.68. The Kier molecular flexibility index (Phi) is 6.24. The highest BCUT2D eigenvalue weighted by atomic mass is 16.2. The van der Waals surface area contributed by atoms with Crippen LogP contribution < -0.4 is 5.32 Å². The highest BCUT2D eigenvalue weighted by Crippen LogP contribution is 2.22. The molecule has 1 fully saturated rings. The fraction of sp³-hybridized carbons (Fsp3) is 0.409. The predicted octanol–water partition coefficient (Wildman–Crippen LogP) is 3.30. The molecule has 0 unspecified atom stereocenters. The minimum absolute atomic E-state index is 0.131. The molecule has 3 heteroatoms. The van der Waals surface area contributed by atoms with Crippen LogP contribution in [0.5, 0.6) is 0 Å². The lowest BCUT2D eigenvalue weighted by Crippen LogP contribution is -2.49. The number of benzene rings is 2. The van der Waals surface area contributed by atoms with Gasteiger partial charge < -0.3 is 10.2 Å². The first-order valence-corrected chi connectivity index (χ1v) is 9.30. The summed E-state index contributed by atoms with van der Waals surface area (Å²) in [7, 11) is 1.88. The fourth-order valence-electron chi connectivity index (χ4n) is 3.69. The maximum Gasteiger partial charge on any atom is 0.240 e. The monoisotopic (exact) mass is 336 g/mol. The summed E-state index contributed by atoms with van der Waals surface area (Å²) in [5.41, 5.74) is 2.61. The minimum atomic E-state index is -0.131. The lowest BCUT2D eigenvalue weighted by molar-refractivity contribution is -0.134. The quantitative estimate of drug-likeness (QED) is 0.878. The standard InChI is InChI=1S/C22H28N2O/c1-23-21(17-19-10-6-3-7-11-19)22(25)24-14-12-20(13-15-24)16-18-8-4-2-5-9-18/h2-11,20-21,23H,12-17H2,1H3/t21-/m0/s1. The molecule has 0 aliphatic carbocycles. The van der Waals surface area contributed by atoms with Gasteiger partial charge in [-0.3, -0.25) is 4.79 Å². The summed E-state index contributed by atoms with van der Waals surface area (Å²) in [4.78, 5) is 14.9. The van der Waals surface area contributed by atoms with Crippen LogP contribution in [0.2, 0.25) is 0 Å². The van der Waals surface area contributed by atoms with E-state index in [2.05, 4.69) is 47.8 Å². The van der Waals surface area contributed by atoms with E-state index in [0.29, 0.717) is 5.92 Å². The van der Waals surface area contributed by atoms with Gasteiger partial charge in [0, 0.05) is 13.1 Å². The van der Waals surface area contributed by atoms with E-state index in [4.69, 9.17) is 0 Å². The Morgan fingerprint density at radius 1 is 1.00 bits per heavy atom. The molecular formula is C22H28N2O. The zero-order valence-electron chi connectivity index (χ0n) is 15.0. The van der Waals surface area contributed by atoms with Gasteiger partial charge in [-0.05, 0) is 49.8 Å². The first kappa shape index (κ1) is 17.7. The number of likely N-dealkylation sites (N-methyl/N-ethyl adjacent to an activating group) is 1. The first-order valence-electron chi connectivity index (χ1n) is 9.30. The Balaban J connectivity index is 1.51. The molecule has 1 aliphatic rings. The van der Waals surface area contributed by atoms with Crippen molar-refractivity contribution in [3.8, 4) is 0 Å². The predicted molar refractivity (Wildman–Crippen MR) is 102 cm³/mol. The van der Waals surface area contributed by atoms with Gasteiger partial charge in [0.05, 0.1) is 6.04 Å². The van der Waals surface area contributed by atoms with Gasteiger partial charge >= 0.3 is 0 Å². The summed E-state index contributed by atoms with van der Waals surface area (Å²) in [6.07, 6.45) is 4.08. The van der Waals surface area contributed by atoms with E-state index >= 15 is 0 Å². The largest absolute Gasteiger partial charge is 0.341 e. The summed E-state index contributed by atoms with van der Waals surface area (Å²) in [6.45, 7) is 1.76. The third-order valence-corrected chi connectivity index (χ3v) is 5.22. The fourth-order valence-corrected chi connectivity index (χ4v) is 3.69. The number of rotatable bonds is 6. The van der Waals surface area contributed by atoms with Crippen LogP contribution in [0.15, 0.2) is 60.7 Å². The van der Waals surface area contributed by atoms with E-state index < -0.39 is 0 Å². The van der Waals surface area contributed by atoms with E-state index in [0.717, 1.165) is 38.8 Å². The number of likely N-dealkylation sites (tertiary alicyclic amines) is 1. The van der Waals surface area contributed by atoms with Crippen molar-refractivity contribution in [3.63, 3.8) is 0 Å². The third-order valence-electron chi connectivity index (χ3n) is 5.22. The average molecular weight is 336 g/mol. The molecule has 0 spiro atoms. The number of nitrogens with zero attached hydrogens (tertiary/aromatic N) is 1. The molecular weight excluding hydrogens is 308 g/mol. The molecule has 3 nitrogen and oxygen atoms in total. The van der Waals surface area contributed by atoms with Gasteiger partial charge in [-0.2, -0.15) is 0 Å². The molecule has 132 valence electrons. The van der Waals surface area contributed by atoms with Crippen molar-refractivity contribution in [2.24, 2.45) is 5.92 Å². The van der Waals surface area contributed by atoms with E-state index in [1.54, 1.807) is 0 Å². The maximum atomic E-state index is 12.9. The number of carbonyl (C=O) groups is 1. The molecule has 25 heavy (non-hydrogen) atoms. The van der Waals surface area contributed by atoms with Gasteiger partial charge in [-0.1, -0.05) is 60.7 Å². The van der Waals surface area contributed by atoms with Gasteiger partial charge in [-0.15, -0.1) is 0 Å². The second-order valence-corrected chi connectivity index (χ2v) is 6.99. The number of carbonyl (C=O) groups excluding carboxylic acids is 1. The molecule has 1 aliphatic heterocycles. The van der Waals surface area contributed by atoms with Crippen molar-refractivity contribution < 1.29 is 4.79 Å². The van der Waals surface area contributed by atoms with Crippen molar-refractivity contribution in [2.75, 3.05) is 20.1 Å². The van der Waals surface area contributed by atoms with Gasteiger partial charge in [0.1, 0.15) is 0 Å². The number of hydrogen-bond acceptors (Lipinski definition) is 2. The summed E-state index contributed by atoms with van der Waals surface area (Å²) < 4.78 is 0. The van der Waals surface area contributed by atoms with Crippen LogP contribution in [-0.2, 0) is 17.6 Å². The highest BCUT2D eigenvalue weighted by Gasteiger charge is 2.27. The second-order valence-electron chi connectivity index (χ2n) is 6.99. The minimum Gasteiger partial charge on any atom is -0.341 e. The number of hydrogen-bond donors (Lipinski definition) is 1. The molecule has 0 saturated carbocycles. The number of piperidine rings is 1. The molecule has 1 amide bonds. The molecule has 1 heterocycles. The van der Waals surface area contributed by atoms with Crippen LogP contribution in [0.1, 0.15) is 24.0 Å². The van der Waals surface area contributed by atoms with Crippen LogP contribution in [0, 0.1) is 5.92 Å². The van der Waals surface area contributed by atoms with Crippen LogP contribution in [0.4, 0.5) is 0 Å². The zero-order chi connectivity index (χ0) is 17.5. The van der Waals surface area contributed by atoms with Gasteiger partial charge in [0.25, 0.3) is 0 Å². The van der Waals surface area contributed by atoms with Crippen LogP contribution >= 0.6 is 0 Å². The normalized spacial score (nSPS) is 16.6. The van der Waals surface area contributed by atoms with Crippen molar-refractivity contribution >= 4 is 5.91 Å². The summed E-state index contributed by atoms with van der Waals surface area (Å²) in [5.74, 6) is 0.929. The molecule has 0 bridgehead atoms. The Morgan fingerprint density at radius 2 is 1.56 bits per heavy atom. The summed E-state index contributed by atoms with van der Waals surface area (Å²) in [5, 5.41) is 3.21. The molecule has 2 aromatic carbocycles. The van der Waals surface area contributed by atoms with Crippen LogP contribution in [0.3, 0.4) is 0 Å². The van der Waals surface area contributed by atoms with Crippen LogP contribution in [-0.4, -0.2) is 37.0 Å². The molecule has 0 aromatic heterocycles. The Morgan fingerprint density at radius 3 is 2.12 bits per heavy atom. The van der Waals surface area contributed by atoms with E-state index in [1.165, 1.54) is 11.1 Å². The summed E-state index contributed by atoms with van der Waals surface area (Å²) >= 11 is 0. The molecule has 1 N–H and O–H groups in total. The van der Waals surface area contributed by atoms with Gasteiger partial charge in [0.15, 0.2) is 0 Å². The van der Waals surface area contributed by atoms with E-state index in [9.17, 15) is 4.79 Å². The van der Waals surface area contributed by atoms with Crippen molar-refractivity contribution in [2.45, 2.75) is 31.7 Å². The third kappa shape index (κ3) is 4.93. The lowest BCUT2D eigenvalue weighted by atomic mass is 9.90. The number of amides is 1. The van der Waals surface area contributed by atoms with E-state index in [1.807, 2.05) is 30.1 Å². The van der Waals surface area contributed by atoms with Gasteiger partial charge in [0.2, 0.25) is 5.91 Å². The van der Waals surface area contributed by atoms with Crippen LogP contribution in [0.25, 0.3) is 0 Å². The number of nitrogens with one attached hydrogen (secondary N) is 1. The smallest absolute Gasteiger partial charge is 0.240 e. The topological polar surface area (TPSA) is 32.3 Å². The van der Waals surface area contributed by atoms with Gasteiger partial charge in [-0.25, -0.2) is 0 Å². The lowest BCUT2D eigenvalue weighted by Gasteiger charge is -2.34. The first-order chi connectivity index (χ1) is 12.3. The zero-order valence-corrected chi connectivity index (χ0v) is 15.0. The second kappa shape index (κ2) is 8.82. The van der Waals surface area contributed by atoms with Crippen molar-refractivity contribution in [3.05, 3.63) is 71.8 Å². The summed E-state index contributed by atoms with van der Waals surface area (Å²) in [6, 6.07) is 20.8. The molecule has 3 rings (SSSR count). The highest BCUT2D eigenvalue weighted by molar-refractivity contribution is 5.82. The van der Waals surface area contributed by atoms with Crippen molar-refractivity contribution in [1.29, 1.82) is 0 Å². The molecule has 1 saturated heterocycles. The Hall–Kier alpha value is -2.13.